The molecule has 2 aromatic heterocycles. The molecule has 25 heavy (non-hydrogen) atoms. The van der Waals surface area contributed by atoms with Gasteiger partial charge >= 0.3 is 0 Å². The Hall–Kier alpha value is -2.72. The lowest BCUT2D eigenvalue weighted by Crippen LogP contribution is -2.15. The van der Waals surface area contributed by atoms with Gasteiger partial charge in [0, 0.05) is 23.7 Å². The van der Waals surface area contributed by atoms with Gasteiger partial charge in [-0.3, -0.25) is 4.98 Å². The highest BCUT2D eigenvalue weighted by Crippen LogP contribution is 2.29. The minimum atomic E-state index is 0.888. The van der Waals surface area contributed by atoms with E-state index in [1.54, 1.807) is 23.7 Å². The summed E-state index contributed by atoms with van der Waals surface area (Å²) in [6, 6.07) is 18.9. The lowest BCUT2D eigenvalue weighted by molar-refractivity contribution is 0.668. The van der Waals surface area contributed by atoms with Crippen LogP contribution in [0.25, 0.3) is 22.0 Å². The van der Waals surface area contributed by atoms with E-state index < -0.39 is 0 Å². The van der Waals surface area contributed by atoms with E-state index in [0.29, 0.717) is 0 Å². The highest BCUT2D eigenvalue weighted by molar-refractivity contribution is 7.07. The number of pyridine rings is 1. The third-order valence-corrected chi connectivity index (χ3v) is 5.04. The second kappa shape index (κ2) is 7.03. The Bertz CT molecular complexity index is 1060. The monoisotopic (exact) mass is 345 g/mol. The first-order valence-electron chi connectivity index (χ1n) is 8.48. The quantitative estimate of drug-likeness (QED) is 0.486. The van der Waals surface area contributed by atoms with Gasteiger partial charge in [0.15, 0.2) is 4.80 Å². The molecule has 0 saturated carbocycles. The van der Waals surface area contributed by atoms with Crippen molar-refractivity contribution in [3.63, 3.8) is 0 Å². The number of hydrogen-bond donors (Lipinski definition) is 0. The third-order valence-electron chi connectivity index (χ3n) is 4.18. The predicted molar refractivity (Wildman–Crippen MR) is 105 cm³/mol. The molecule has 4 heteroatoms. The molecular weight excluding hydrogens is 326 g/mol. The fourth-order valence-corrected chi connectivity index (χ4v) is 4.00. The smallest absolute Gasteiger partial charge is 0.190 e. The average Bonchev–Trinajstić information content (AvgIpc) is 3.05. The molecule has 0 N–H and O–H groups in total. The van der Waals surface area contributed by atoms with Gasteiger partial charge in [0.2, 0.25) is 0 Å². The number of thiazole rings is 1. The SMILES string of the molecule is CCCn1c(-c2cccc3ccccc23)csc1=Nc1cccnc1. The van der Waals surface area contributed by atoms with Crippen LogP contribution in [-0.2, 0) is 6.54 Å². The Labute approximate surface area is 151 Å². The van der Waals surface area contributed by atoms with Crippen molar-refractivity contribution in [2.75, 3.05) is 0 Å². The van der Waals surface area contributed by atoms with E-state index in [1.807, 2.05) is 12.1 Å². The average molecular weight is 345 g/mol. The van der Waals surface area contributed by atoms with E-state index in [-0.39, 0.29) is 0 Å². The van der Waals surface area contributed by atoms with Crippen molar-refractivity contribution < 1.29 is 0 Å². The van der Waals surface area contributed by atoms with E-state index in [2.05, 4.69) is 64.3 Å². The Balaban J connectivity index is 1.92. The molecule has 124 valence electrons. The first kappa shape index (κ1) is 15.8. The summed E-state index contributed by atoms with van der Waals surface area (Å²) in [5, 5.41) is 4.76. The van der Waals surface area contributed by atoms with Crippen molar-refractivity contribution in [3.8, 4) is 11.3 Å². The van der Waals surface area contributed by atoms with Crippen LogP contribution in [0.15, 0.2) is 77.4 Å². The van der Waals surface area contributed by atoms with Crippen LogP contribution >= 0.6 is 11.3 Å². The van der Waals surface area contributed by atoms with Crippen LogP contribution in [0, 0.1) is 0 Å². The largest absolute Gasteiger partial charge is 0.316 e. The zero-order valence-electron chi connectivity index (χ0n) is 14.1. The van der Waals surface area contributed by atoms with Gasteiger partial charge in [0.25, 0.3) is 0 Å². The summed E-state index contributed by atoms with van der Waals surface area (Å²) in [4.78, 5) is 9.98. The number of rotatable bonds is 4. The predicted octanol–water partition coefficient (Wildman–Crippen LogP) is 5.41. The van der Waals surface area contributed by atoms with Crippen LogP contribution in [0.5, 0.6) is 0 Å². The standard InChI is InChI=1S/C21H19N3S/c1-2-13-24-20(15-25-21(24)23-17-9-6-12-22-14-17)19-11-5-8-16-7-3-4-10-18(16)19/h3-12,14-15H,2,13H2,1H3. The fourth-order valence-electron chi connectivity index (χ4n) is 3.05. The lowest BCUT2D eigenvalue weighted by atomic mass is 10.0. The first-order chi connectivity index (χ1) is 12.4. The molecule has 0 aliphatic heterocycles. The topological polar surface area (TPSA) is 30.2 Å². The molecule has 4 aromatic rings. The molecule has 2 heterocycles. The molecule has 0 saturated heterocycles. The summed E-state index contributed by atoms with van der Waals surface area (Å²) in [6.45, 7) is 3.15. The molecule has 0 fully saturated rings. The summed E-state index contributed by atoms with van der Waals surface area (Å²) in [6.07, 6.45) is 4.64. The summed E-state index contributed by atoms with van der Waals surface area (Å²) in [7, 11) is 0. The number of benzene rings is 2. The molecule has 4 rings (SSSR count). The van der Waals surface area contributed by atoms with Crippen molar-refractivity contribution in [2.45, 2.75) is 19.9 Å². The zero-order valence-corrected chi connectivity index (χ0v) is 14.9. The lowest BCUT2D eigenvalue weighted by Gasteiger charge is -2.10. The van der Waals surface area contributed by atoms with E-state index in [1.165, 1.54) is 22.0 Å². The van der Waals surface area contributed by atoms with Crippen molar-refractivity contribution in [1.29, 1.82) is 0 Å². The normalized spacial score (nSPS) is 12.0. The summed E-state index contributed by atoms with van der Waals surface area (Å²) in [5.41, 5.74) is 3.38. The molecule has 3 nitrogen and oxygen atoms in total. The summed E-state index contributed by atoms with van der Waals surface area (Å²) < 4.78 is 2.32. The van der Waals surface area contributed by atoms with Gasteiger partial charge in [0.1, 0.15) is 0 Å². The van der Waals surface area contributed by atoms with Gasteiger partial charge in [-0.2, -0.15) is 0 Å². The first-order valence-corrected chi connectivity index (χ1v) is 9.36. The van der Waals surface area contributed by atoms with E-state index in [4.69, 9.17) is 4.99 Å². The van der Waals surface area contributed by atoms with Gasteiger partial charge < -0.3 is 4.57 Å². The third kappa shape index (κ3) is 3.13. The number of fused-ring (bicyclic) bond motifs is 1. The number of hydrogen-bond acceptors (Lipinski definition) is 3. The van der Waals surface area contributed by atoms with Crippen molar-refractivity contribution in [2.24, 2.45) is 4.99 Å². The van der Waals surface area contributed by atoms with E-state index in [0.717, 1.165) is 23.5 Å². The Morgan fingerprint density at radius 2 is 1.92 bits per heavy atom. The second-order valence-corrected chi connectivity index (χ2v) is 6.74. The number of aromatic nitrogens is 2. The van der Waals surface area contributed by atoms with Crippen molar-refractivity contribution in [1.82, 2.24) is 9.55 Å². The van der Waals surface area contributed by atoms with Crippen LogP contribution in [0.2, 0.25) is 0 Å². The molecular formula is C21H19N3S. The Morgan fingerprint density at radius 1 is 1.04 bits per heavy atom. The maximum atomic E-state index is 4.80. The molecule has 0 aliphatic rings. The summed E-state index contributed by atoms with van der Waals surface area (Å²) >= 11 is 1.68. The zero-order chi connectivity index (χ0) is 17.1. The highest BCUT2D eigenvalue weighted by atomic mass is 32.1. The van der Waals surface area contributed by atoms with Crippen LogP contribution in [-0.4, -0.2) is 9.55 Å². The van der Waals surface area contributed by atoms with Gasteiger partial charge in [-0.15, -0.1) is 11.3 Å². The number of nitrogens with zero attached hydrogens (tertiary/aromatic N) is 3. The molecule has 0 bridgehead atoms. The van der Waals surface area contributed by atoms with Gasteiger partial charge in [-0.25, -0.2) is 4.99 Å². The van der Waals surface area contributed by atoms with Crippen molar-refractivity contribution >= 4 is 27.8 Å². The molecule has 0 atom stereocenters. The van der Waals surface area contributed by atoms with E-state index >= 15 is 0 Å². The maximum absolute atomic E-state index is 4.80. The molecule has 0 aliphatic carbocycles. The Morgan fingerprint density at radius 3 is 2.76 bits per heavy atom. The molecule has 2 aromatic carbocycles. The van der Waals surface area contributed by atoms with E-state index in [9.17, 15) is 0 Å². The minimum Gasteiger partial charge on any atom is -0.316 e. The highest BCUT2D eigenvalue weighted by Gasteiger charge is 2.10. The van der Waals surface area contributed by atoms with Crippen LogP contribution in [0.4, 0.5) is 5.69 Å². The fraction of sp³-hybridized carbons (Fsp3) is 0.143. The van der Waals surface area contributed by atoms with Gasteiger partial charge in [-0.05, 0) is 29.3 Å². The van der Waals surface area contributed by atoms with Gasteiger partial charge in [-0.1, -0.05) is 49.4 Å². The van der Waals surface area contributed by atoms with Gasteiger partial charge in [0.05, 0.1) is 17.6 Å². The molecule has 0 amide bonds. The minimum absolute atomic E-state index is 0.888. The summed E-state index contributed by atoms with van der Waals surface area (Å²) in [5.74, 6) is 0. The van der Waals surface area contributed by atoms with Crippen LogP contribution in [0.1, 0.15) is 13.3 Å². The van der Waals surface area contributed by atoms with Crippen LogP contribution in [0.3, 0.4) is 0 Å². The Kier molecular flexibility index (Phi) is 4.44. The second-order valence-electron chi connectivity index (χ2n) is 5.90. The van der Waals surface area contributed by atoms with Crippen LogP contribution < -0.4 is 4.80 Å². The molecule has 0 unspecified atom stereocenters. The maximum Gasteiger partial charge on any atom is 0.190 e. The van der Waals surface area contributed by atoms with Crippen molar-refractivity contribution in [3.05, 3.63) is 77.2 Å². The molecule has 0 radical (unpaired) electrons. The molecule has 0 spiro atoms.